The van der Waals surface area contributed by atoms with Crippen LogP contribution in [0.1, 0.15) is 44.7 Å². The van der Waals surface area contributed by atoms with Gasteiger partial charge in [0.15, 0.2) is 5.82 Å². The van der Waals surface area contributed by atoms with Gasteiger partial charge in [0, 0.05) is 34.4 Å². The van der Waals surface area contributed by atoms with E-state index >= 15 is 4.39 Å². The first kappa shape index (κ1) is 34.1. The van der Waals surface area contributed by atoms with E-state index in [1.807, 2.05) is 0 Å². The second-order valence-corrected chi connectivity index (χ2v) is 10.7. The van der Waals surface area contributed by atoms with Gasteiger partial charge in [0.1, 0.15) is 0 Å². The van der Waals surface area contributed by atoms with E-state index in [4.69, 9.17) is 0 Å². The fourth-order valence-electron chi connectivity index (χ4n) is 4.27. The highest BCUT2D eigenvalue weighted by Crippen LogP contribution is 2.55. The predicted octanol–water partition coefficient (Wildman–Crippen LogP) is 8.74. The van der Waals surface area contributed by atoms with Crippen LogP contribution >= 0.6 is 15.9 Å². The van der Waals surface area contributed by atoms with E-state index in [0.717, 1.165) is 41.4 Å². The van der Waals surface area contributed by atoms with Crippen molar-refractivity contribution in [1.29, 1.82) is 0 Å². The number of aromatic nitrogens is 1. The summed E-state index contributed by atoms with van der Waals surface area (Å²) in [6.07, 6.45) is -17.0. The molecule has 2 amide bonds. The highest BCUT2D eigenvalue weighted by molar-refractivity contribution is 9.10. The first-order valence-corrected chi connectivity index (χ1v) is 13.2. The lowest BCUT2D eigenvalue weighted by atomic mass is 9.92. The summed E-state index contributed by atoms with van der Waals surface area (Å²) in [5.41, 5.74) is -14.3. The Hall–Kier alpha value is -3.83. The topological polar surface area (TPSA) is 62.3 Å². The average Bonchev–Trinajstić information content (AvgIpc) is 3.74. The van der Waals surface area contributed by atoms with E-state index in [9.17, 15) is 57.9 Å². The molecule has 242 valence electrons. The maximum absolute atomic E-state index is 15.7. The SMILES string of the molecule is O=C(Nc1c(Br)cc(C(F)(C(F)(F)F)C(F)(F)F)cc1C(F)(F)F)c1cccc(N(CC2CC2)C(=O)c2ccnc(F)c2)c1F. The van der Waals surface area contributed by atoms with Crippen LogP contribution in [0, 0.1) is 17.7 Å². The van der Waals surface area contributed by atoms with Crippen LogP contribution in [-0.2, 0) is 11.8 Å². The van der Waals surface area contributed by atoms with Gasteiger partial charge in [-0.25, -0.2) is 13.8 Å². The van der Waals surface area contributed by atoms with Crippen molar-refractivity contribution < 1.29 is 62.3 Å². The van der Waals surface area contributed by atoms with Crippen molar-refractivity contribution in [2.45, 2.75) is 37.0 Å². The minimum absolute atomic E-state index is 0.0978. The van der Waals surface area contributed by atoms with Gasteiger partial charge >= 0.3 is 24.2 Å². The normalized spacial score (nSPS) is 14.3. The quantitative estimate of drug-likeness (QED) is 0.196. The highest BCUT2D eigenvalue weighted by Gasteiger charge is 2.73. The zero-order valence-corrected chi connectivity index (χ0v) is 23.5. The van der Waals surface area contributed by atoms with Gasteiger partial charge in [0.2, 0.25) is 5.95 Å². The zero-order valence-electron chi connectivity index (χ0n) is 21.9. The minimum atomic E-state index is -6.74. The van der Waals surface area contributed by atoms with Crippen LogP contribution < -0.4 is 10.2 Å². The molecule has 0 spiro atoms. The molecule has 1 fully saturated rings. The van der Waals surface area contributed by atoms with E-state index < -0.39 is 86.4 Å². The molecule has 1 N–H and O–H groups in total. The Morgan fingerprint density at radius 1 is 0.911 bits per heavy atom. The molecule has 1 saturated carbocycles. The second-order valence-electron chi connectivity index (χ2n) is 9.85. The predicted molar refractivity (Wildman–Crippen MR) is 137 cm³/mol. The third-order valence-electron chi connectivity index (χ3n) is 6.68. The Morgan fingerprint density at radius 2 is 1.53 bits per heavy atom. The van der Waals surface area contributed by atoms with Gasteiger partial charge in [-0.2, -0.15) is 43.9 Å². The van der Waals surface area contributed by atoms with Crippen LogP contribution in [0.15, 0.2) is 53.1 Å². The molecule has 18 heteroatoms. The van der Waals surface area contributed by atoms with Crippen molar-refractivity contribution >= 4 is 39.1 Å². The smallest absolute Gasteiger partial charge is 0.320 e. The molecule has 1 aliphatic carbocycles. The number of alkyl halides is 10. The fourth-order valence-corrected chi connectivity index (χ4v) is 4.83. The summed E-state index contributed by atoms with van der Waals surface area (Å²) in [5, 5.41) is 1.59. The zero-order chi connectivity index (χ0) is 33.7. The number of nitrogens with zero attached hydrogens (tertiary/aromatic N) is 2. The van der Waals surface area contributed by atoms with Gasteiger partial charge in [-0.15, -0.1) is 0 Å². The molecule has 4 rings (SSSR count). The van der Waals surface area contributed by atoms with Crippen molar-refractivity contribution in [3.8, 4) is 0 Å². The van der Waals surface area contributed by atoms with Crippen LogP contribution in [-0.4, -0.2) is 35.7 Å². The first-order valence-electron chi connectivity index (χ1n) is 12.4. The lowest BCUT2D eigenvalue weighted by Crippen LogP contribution is -2.50. The largest absolute Gasteiger partial charge is 0.435 e. The molecule has 5 nitrogen and oxygen atoms in total. The number of anilines is 2. The van der Waals surface area contributed by atoms with E-state index in [1.165, 1.54) is 0 Å². The number of nitrogens with one attached hydrogen (secondary N) is 1. The molecule has 0 bridgehead atoms. The summed E-state index contributed by atoms with van der Waals surface area (Å²) in [4.78, 5) is 30.4. The van der Waals surface area contributed by atoms with Crippen molar-refractivity contribution in [2.24, 2.45) is 5.92 Å². The van der Waals surface area contributed by atoms with Gasteiger partial charge in [-0.1, -0.05) is 6.07 Å². The summed E-state index contributed by atoms with van der Waals surface area (Å²) in [7, 11) is 0. The molecule has 0 unspecified atom stereocenters. The highest BCUT2D eigenvalue weighted by atomic mass is 79.9. The minimum Gasteiger partial charge on any atom is -0.320 e. The summed E-state index contributed by atoms with van der Waals surface area (Å²) in [5.74, 6) is -5.16. The van der Waals surface area contributed by atoms with E-state index in [1.54, 1.807) is 5.32 Å². The van der Waals surface area contributed by atoms with Crippen LogP contribution in [0.25, 0.3) is 0 Å². The van der Waals surface area contributed by atoms with Gasteiger partial charge in [-0.3, -0.25) is 9.59 Å². The molecule has 0 saturated heterocycles. The van der Waals surface area contributed by atoms with Crippen LogP contribution in [0.2, 0.25) is 0 Å². The first-order chi connectivity index (χ1) is 20.7. The lowest BCUT2D eigenvalue weighted by molar-refractivity contribution is -0.348. The molecule has 45 heavy (non-hydrogen) atoms. The Kier molecular flexibility index (Phi) is 8.95. The molecule has 1 aromatic heterocycles. The molecular formula is C27H16BrF12N3O2. The summed E-state index contributed by atoms with van der Waals surface area (Å²) >= 11 is 2.36. The summed E-state index contributed by atoms with van der Waals surface area (Å²) in [6, 6.07) is 3.74. The number of amides is 2. The Labute approximate surface area is 253 Å². The molecule has 3 aromatic rings. The summed E-state index contributed by atoms with van der Waals surface area (Å²) in [6.45, 7) is -0.0978. The number of halogens is 13. The van der Waals surface area contributed by atoms with Crippen LogP contribution in [0.4, 0.5) is 64.1 Å². The van der Waals surface area contributed by atoms with Crippen molar-refractivity contribution in [3.63, 3.8) is 0 Å². The molecule has 1 aliphatic rings. The maximum Gasteiger partial charge on any atom is 0.435 e. The fraction of sp³-hybridized carbons (Fsp3) is 0.296. The average molecular weight is 722 g/mol. The number of pyridine rings is 1. The maximum atomic E-state index is 15.7. The number of hydrogen-bond acceptors (Lipinski definition) is 3. The summed E-state index contributed by atoms with van der Waals surface area (Å²) < 4.78 is 164. The molecule has 0 aliphatic heterocycles. The third-order valence-corrected chi connectivity index (χ3v) is 7.31. The molecule has 2 aromatic carbocycles. The number of benzene rings is 2. The van der Waals surface area contributed by atoms with E-state index in [0.29, 0.717) is 12.8 Å². The molecule has 0 atom stereocenters. The Balaban J connectivity index is 1.77. The number of carbonyl (C=O) groups excluding carboxylic acids is 2. The van der Waals surface area contributed by atoms with Gasteiger partial charge in [0.25, 0.3) is 11.8 Å². The Morgan fingerprint density at radius 3 is 2.07 bits per heavy atom. The molecular weight excluding hydrogens is 706 g/mol. The lowest BCUT2D eigenvalue weighted by Gasteiger charge is -2.31. The monoisotopic (exact) mass is 721 g/mol. The second kappa shape index (κ2) is 11.8. The number of rotatable bonds is 7. The molecule has 1 heterocycles. The van der Waals surface area contributed by atoms with Crippen molar-refractivity contribution in [1.82, 2.24) is 4.98 Å². The van der Waals surface area contributed by atoms with Gasteiger partial charge < -0.3 is 10.2 Å². The Bertz CT molecular complexity index is 1620. The van der Waals surface area contributed by atoms with Gasteiger partial charge in [0.05, 0.1) is 22.5 Å². The van der Waals surface area contributed by atoms with E-state index in [-0.39, 0.29) is 24.1 Å². The molecule has 0 radical (unpaired) electrons. The third kappa shape index (κ3) is 6.74. The number of hydrogen-bond donors (Lipinski definition) is 1. The van der Waals surface area contributed by atoms with Gasteiger partial charge in [-0.05, 0) is 65.0 Å². The van der Waals surface area contributed by atoms with Crippen LogP contribution in [0.3, 0.4) is 0 Å². The van der Waals surface area contributed by atoms with Crippen molar-refractivity contribution in [3.05, 3.63) is 87.2 Å². The van der Waals surface area contributed by atoms with E-state index in [2.05, 4.69) is 20.9 Å². The van der Waals surface area contributed by atoms with Crippen LogP contribution in [0.5, 0.6) is 0 Å². The standard InChI is InChI=1S/C27H16BrF12N3O2/c28-17-10-14(24(31,26(35,36)37)27(38,39)40)9-16(25(32,33)34)21(17)42-22(44)15-2-1-3-18(20(15)30)43(11-12-4-5-12)23(45)13-6-7-41-19(29)8-13/h1-3,6-10,12H,4-5,11H2,(H,42,44). The van der Waals surface area contributed by atoms with Crippen molar-refractivity contribution in [2.75, 3.05) is 16.8 Å². The number of carbonyl (C=O) groups is 2.